The van der Waals surface area contributed by atoms with E-state index in [0.29, 0.717) is 5.75 Å². The molecule has 4 nitrogen and oxygen atoms in total. The molecule has 0 aliphatic carbocycles. The van der Waals surface area contributed by atoms with Crippen LogP contribution in [-0.2, 0) is 10.1 Å². The second kappa shape index (κ2) is 3.53. The molecule has 0 aromatic carbocycles. The van der Waals surface area contributed by atoms with Gasteiger partial charge in [0.15, 0.2) is 0 Å². The predicted molar refractivity (Wildman–Crippen MR) is 44.3 cm³/mol. The van der Waals surface area contributed by atoms with Crippen LogP contribution in [0.5, 0.6) is 5.75 Å². The largest absolute Gasteiger partial charge is 0.382 e. The number of rotatable bonds is 3. The van der Waals surface area contributed by atoms with Crippen LogP contribution in [0.3, 0.4) is 0 Å². The highest BCUT2D eigenvalue weighted by atomic mass is 32.2. The monoisotopic (exact) mass is 187 g/mol. The van der Waals surface area contributed by atoms with Gasteiger partial charge < -0.3 is 4.18 Å². The first-order chi connectivity index (χ1) is 5.64. The van der Waals surface area contributed by atoms with Gasteiger partial charge in [0.2, 0.25) is 0 Å². The average molecular weight is 187 g/mol. The van der Waals surface area contributed by atoms with Crippen LogP contribution < -0.4 is 4.18 Å². The van der Waals surface area contributed by atoms with Crippen LogP contribution in [0, 0.1) is 0 Å². The van der Waals surface area contributed by atoms with Gasteiger partial charge in [-0.2, -0.15) is 8.42 Å². The quantitative estimate of drug-likeness (QED) is 0.657. The Kier molecular flexibility index (Phi) is 2.65. The molecule has 0 N–H and O–H groups in total. The Labute approximate surface area is 71.3 Å². The van der Waals surface area contributed by atoms with Gasteiger partial charge >= 0.3 is 10.1 Å². The summed E-state index contributed by atoms with van der Waals surface area (Å²) in [6.45, 7) is 1.52. The van der Waals surface area contributed by atoms with E-state index in [-0.39, 0.29) is 5.75 Å². The molecule has 0 spiro atoms. The minimum Gasteiger partial charge on any atom is -0.382 e. The molecule has 0 radical (unpaired) electrons. The van der Waals surface area contributed by atoms with Crippen LogP contribution in [-0.4, -0.2) is 19.2 Å². The lowest BCUT2D eigenvalue weighted by Crippen LogP contribution is -2.11. The molecule has 0 fully saturated rings. The third-order valence-corrected chi connectivity index (χ3v) is 2.38. The van der Waals surface area contributed by atoms with Gasteiger partial charge in [-0.1, -0.05) is 0 Å². The van der Waals surface area contributed by atoms with E-state index < -0.39 is 10.1 Å². The minimum atomic E-state index is -3.40. The Morgan fingerprint density at radius 3 is 2.50 bits per heavy atom. The molecule has 0 aliphatic rings. The van der Waals surface area contributed by atoms with Crippen LogP contribution in [0.25, 0.3) is 0 Å². The topological polar surface area (TPSA) is 56.3 Å². The first-order valence-corrected chi connectivity index (χ1v) is 5.04. The molecule has 0 aliphatic heterocycles. The van der Waals surface area contributed by atoms with Crippen LogP contribution >= 0.6 is 0 Å². The average Bonchev–Trinajstić information content (AvgIpc) is 2.06. The fraction of sp³-hybridized carbons (Fsp3) is 0.286. The smallest absolute Gasteiger partial charge is 0.308 e. The Morgan fingerprint density at radius 1 is 1.42 bits per heavy atom. The summed E-state index contributed by atoms with van der Waals surface area (Å²) >= 11 is 0. The molecular formula is C7H9NO3S. The van der Waals surface area contributed by atoms with Gasteiger partial charge in [-0.05, 0) is 6.92 Å². The number of pyridine rings is 1. The van der Waals surface area contributed by atoms with Crippen molar-refractivity contribution in [3.63, 3.8) is 0 Å². The Morgan fingerprint density at radius 2 is 2.00 bits per heavy atom. The Balaban J connectivity index is 2.78. The van der Waals surface area contributed by atoms with E-state index in [2.05, 4.69) is 9.17 Å². The molecule has 5 heteroatoms. The van der Waals surface area contributed by atoms with Gasteiger partial charge in [0.05, 0.1) is 5.75 Å². The maximum atomic E-state index is 10.9. The zero-order chi connectivity index (χ0) is 9.03. The summed E-state index contributed by atoms with van der Waals surface area (Å²) in [6, 6.07) is 2.99. The summed E-state index contributed by atoms with van der Waals surface area (Å²) in [7, 11) is -3.40. The highest BCUT2D eigenvalue weighted by Gasteiger charge is 2.07. The molecule has 0 atom stereocenters. The molecular weight excluding hydrogens is 178 g/mol. The Bertz CT molecular complexity index is 333. The molecule has 1 rings (SSSR count). The molecule has 66 valence electrons. The highest BCUT2D eigenvalue weighted by Crippen LogP contribution is 2.09. The van der Waals surface area contributed by atoms with Crippen molar-refractivity contribution in [2.45, 2.75) is 6.92 Å². The lowest BCUT2D eigenvalue weighted by molar-refractivity contribution is 0.487. The van der Waals surface area contributed by atoms with Gasteiger partial charge in [-0.15, -0.1) is 0 Å². The Hall–Kier alpha value is -1.10. The van der Waals surface area contributed by atoms with E-state index in [1.807, 2.05) is 0 Å². The SMILES string of the molecule is CCS(=O)(=O)Oc1ccncc1. The van der Waals surface area contributed by atoms with Crippen molar-refractivity contribution in [1.29, 1.82) is 0 Å². The van der Waals surface area contributed by atoms with E-state index in [1.54, 1.807) is 0 Å². The maximum Gasteiger partial charge on any atom is 0.308 e. The number of aromatic nitrogens is 1. The van der Waals surface area contributed by atoms with Crippen LogP contribution in [0.1, 0.15) is 6.92 Å². The molecule has 0 bridgehead atoms. The van der Waals surface area contributed by atoms with Gasteiger partial charge in [0.1, 0.15) is 5.75 Å². The lowest BCUT2D eigenvalue weighted by Gasteiger charge is -2.02. The zero-order valence-corrected chi connectivity index (χ0v) is 7.41. The van der Waals surface area contributed by atoms with E-state index in [1.165, 1.54) is 31.5 Å². The number of hydrogen-bond acceptors (Lipinski definition) is 4. The van der Waals surface area contributed by atoms with Gasteiger partial charge in [-0.25, -0.2) is 0 Å². The molecule has 1 heterocycles. The van der Waals surface area contributed by atoms with E-state index in [0.717, 1.165) is 0 Å². The van der Waals surface area contributed by atoms with Crippen molar-refractivity contribution in [3.8, 4) is 5.75 Å². The first-order valence-electron chi connectivity index (χ1n) is 3.46. The van der Waals surface area contributed by atoms with Crippen LogP contribution in [0.4, 0.5) is 0 Å². The van der Waals surface area contributed by atoms with Gasteiger partial charge in [-0.3, -0.25) is 4.98 Å². The van der Waals surface area contributed by atoms with Crippen LogP contribution in [0.2, 0.25) is 0 Å². The van der Waals surface area contributed by atoms with E-state index >= 15 is 0 Å². The molecule has 1 aromatic heterocycles. The first kappa shape index (κ1) is 8.99. The van der Waals surface area contributed by atoms with Gasteiger partial charge in [0, 0.05) is 24.5 Å². The van der Waals surface area contributed by atoms with Crippen molar-refractivity contribution in [2.75, 3.05) is 5.75 Å². The van der Waals surface area contributed by atoms with E-state index in [4.69, 9.17) is 0 Å². The maximum absolute atomic E-state index is 10.9. The van der Waals surface area contributed by atoms with Gasteiger partial charge in [0.25, 0.3) is 0 Å². The standard InChI is InChI=1S/C7H9NO3S/c1-2-12(9,10)11-7-3-5-8-6-4-7/h3-6H,2H2,1H3. The molecule has 0 saturated carbocycles. The number of hydrogen-bond donors (Lipinski definition) is 0. The highest BCUT2D eigenvalue weighted by molar-refractivity contribution is 7.87. The van der Waals surface area contributed by atoms with Crippen LogP contribution in [0.15, 0.2) is 24.5 Å². The number of nitrogens with zero attached hydrogens (tertiary/aromatic N) is 1. The normalized spacial score (nSPS) is 11.1. The molecule has 0 unspecified atom stereocenters. The van der Waals surface area contributed by atoms with E-state index in [9.17, 15) is 8.42 Å². The summed E-state index contributed by atoms with van der Waals surface area (Å²) in [5, 5.41) is 0. The third-order valence-electron chi connectivity index (χ3n) is 1.23. The fourth-order valence-corrected chi connectivity index (χ4v) is 1.12. The predicted octanol–water partition coefficient (Wildman–Crippen LogP) is 0.810. The second-order valence-electron chi connectivity index (χ2n) is 2.11. The molecule has 12 heavy (non-hydrogen) atoms. The summed E-state index contributed by atoms with van der Waals surface area (Å²) < 4.78 is 26.5. The minimum absolute atomic E-state index is 0.0324. The van der Waals surface area contributed by atoms with Crippen molar-refractivity contribution < 1.29 is 12.6 Å². The second-order valence-corrected chi connectivity index (χ2v) is 3.97. The van der Waals surface area contributed by atoms with Crippen molar-refractivity contribution >= 4 is 10.1 Å². The van der Waals surface area contributed by atoms with Crippen molar-refractivity contribution in [2.24, 2.45) is 0 Å². The molecule has 0 saturated heterocycles. The van der Waals surface area contributed by atoms with Crippen molar-refractivity contribution in [3.05, 3.63) is 24.5 Å². The summed E-state index contributed by atoms with van der Waals surface area (Å²) in [4.78, 5) is 3.73. The molecule has 0 amide bonds. The third kappa shape index (κ3) is 2.50. The fourth-order valence-electron chi connectivity index (χ4n) is 0.599. The zero-order valence-electron chi connectivity index (χ0n) is 6.60. The summed E-state index contributed by atoms with van der Waals surface area (Å²) in [5.41, 5.74) is 0. The molecule has 1 aromatic rings. The lowest BCUT2D eigenvalue weighted by atomic mass is 10.5. The van der Waals surface area contributed by atoms with Crippen molar-refractivity contribution in [1.82, 2.24) is 4.98 Å². The summed E-state index contributed by atoms with van der Waals surface area (Å²) in [6.07, 6.45) is 2.95. The summed E-state index contributed by atoms with van der Waals surface area (Å²) in [5.74, 6) is 0.266.